The lowest BCUT2D eigenvalue weighted by Gasteiger charge is -1.88. The zero-order chi connectivity index (χ0) is 4.83. The van der Waals surface area contributed by atoms with Crippen LogP contribution in [0.25, 0.3) is 0 Å². The Hall–Kier alpha value is -0.560. The van der Waals surface area contributed by atoms with E-state index in [4.69, 9.17) is 6.42 Å². The fraction of sp³-hybridized carbons (Fsp3) is 0.333. The second kappa shape index (κ2) is 4.44. The topological polar surface area (TPSA) is 47.3 Å². The molecule has 0 aromatic heterocycles. The molecule has 0 aliphatic carbocycles. The highest BCUT2D eigenvalue weighted by Gasteiger charge is 1.66. The number of nitrogens with one attached hydrogen (secondary N) is 1. The average Bonchev–Trinajstić information content (AvgIpc) is 1.61. The van der Waals surface area contributed by atoms with Crippen LogP contribution in [0.15, 0.2) is 0 Å². The van der Waals surface area contributed by atoms with E-state index in [1.165, 1.54) is 0 Å². The van der Waals surface area contributed by atoms with Gasteiger partial charge < -0.3 is 0 Å². The normalized spacial score (nSPS) is 7.33. The monoisotopic (exact) mass is 86.0 g/mol. The van der Waals surface area contributed by atoms with Crippen molar-refractivity contribution < 1.29 is 4.84 Å². The first-order valence-corrected chi connectivity index (χ1v) is 1.42. The quantitative estimate of drug-likeness (QED) is 0.196. The number of nitrogens with two attached hydrogens (primary N) is 1. The Morgan fingerprint density at radius 1 is 2.00 bits per heavy atom. The minimum absolute atomic E-state index is 0.205. The molecule has 0 aromatic rings. The van der Waals surface area contributed by atoms with Gasteiger partial charge in [0.1, 0.15) is 6.61 Å². The first-order chi connectivity index (χ1) is 2.91. The zero-order valence-corrected chi connectivity index (χ0v) is 3.27. The lowest BCUT2D eigenvalue weighted by molar-refractivity contribution is 0.0667. The molecule has 0 unspecified atom stereocenters. The summed E-state index contributed by atoms with van der Waals surface area (Å²) in [7, 11) is 0. The summed E-state index contributed by atoms with van der Waals surface area (Å²) < 4.78 is 0. The lowest BCUT2D eigenvalue weighted by Crippen LogP contribution is -2.21. The molecular weight excluding hydrogens is 80.0 g/mol. The smallest absolute Gasteiger partial charge is 0.130 e. The van der Waals surface area contributed by atoms with Crippen LogP contribution in [-0.2, 0) is 4.84 Å². The van der Waals surface area contributed by atoms with Gasteiger partial charge in [-0.15, -0.1) is 12.0 Å². The highest BCUT2D eigenvalue weighted by molar-refractivity contribution is 4.82. The fourth-order valence-corrected chi connectivity index (χ4v) is 0.0833. The third-order valence-corrected chi connectivity index (χ3v) is 0.239. The molecule has 0 fully saturated rings. The molecule has 0 aromatic carbocycles. The number of hydrazine groups is 1. The minimum Gasteiger partial charge on any atom is -0.274 e. The van der Waals surface area contributed by atoms with Crippen LogP contribution in [0.3, 0.4) is 0 Å². The molecule has 0 saturated heterocycles. The Balaban J connectivity index is 2.54. The molecule has 0 saturated carbocycles. The lowest BCUT2D eigenvalue weighted by atomic mass is 10.8. The Labute approximate surface area is 36.4 Å². The summed E-state index contributed by atoms with van der Waals surface area (Å²) in [6.07, 6.45) is 4.74. The van der Waals surface area contributed by atoms with Gasteiger partial charge in [0.25, 0.3) is 0 Å². The molecule has 0 radical (unpaired) electrons. The van der Waals surface area contributed by atoms with Gasteiger partial charge >= 0.3 is 0 Å². The van der Waals surface area contributed by atoms with Gasteiger partial charge in [-0.25, -0.2) is 5.84 Å². The summed E-state index contributed by atoms with van der Waals surface area (Å²) in [4.78, 5) is 4.27. The van der Waals surface area contributed by atoms with Gasteiger partial charge in [0.2, 0.25) is 0 Å². The second-order valence-corrected chi connectivity index (χ2v) is 0.611. The molecule has 3 N–H and O–H groups in total. The van der Waals surface area contributed by atoms with E-state index in [-0.39, 0.29) is 6.61 Å². The summed E-state index contributed by atoms with van der Waals surface area (Å²) >= 11 is 0. The molecular formula is C3H6N2O. The van der Waals surface area contributed by atoms with Crippen molar-refractivity contribution in [2.45, 2.75) is 0 Å². The average molecular weight is 86.1 g/mol. The third-order valence-electron chi connectivity index (χ3n) is 0.239. The van der Waals surface area contributed by atoms with E-state index in [2.05, 4.69) is 16.6 Å². The van der Waals surface area contributed by atoms with Crippen molar-refractivity contribution in [1.82, 2.24) is 5.59 Å². The summed E-state index contributed by atoms with van der Waals surface area (Å²) in [5, 5.41) is 0. The number of rotatable bonds is 2. The predicted molar refractivity (Wildman–Crippen MR) is 22.1 cm³/mol. The number of hydrogen-bond acceptors (Lipinski definition) is 3. The molecule has 0 aliphatic rings. The number of terminal acetylenes is 1. The third kappa shape index (κ3) is 3.44. The summed E-state index contributed by atoms with van der Waals surface area (Å²) in [5.74, 6) is 6.85. The minimum atomic E-state index is 0.205. The van der Waals surface area contributed by atoms with Gasteiger partial charge in [0.15, 0.2) is 0 Å². The highest BCUT2D eigenvalue weighted by atomic mass is 16.7. The Kier molecular flexibility index (Phi) is 4.03. The molecule has 0 amide bonds. The molecule has 6 heavy (non-hydrogen) atoms. The van der Waals surface area contributed by atoms with E-state index in [0.29, 0.717) is 0 Å². The maximum absolute atomic E-state index is 4.74. The maximum atomic E-state index is 4.74. The maximum Gasteiger partial charge on any atom is 0.130 e. The van der Waals surface area contributed by atoms with Gasteiger partial charge in [-0.05, 0) is 0 Å². The van der Waals surface area contributed by atoms with E-state index in [1.54, 1.807) is 0 Å². The molecule has 0 spiro atoms. The largest absolute Gasteiger partial charge is 0.274 e. The van der Waals surface area contributed by atoms with Crippen LogP contribution in [0, 0.1) is 12.3 Å². The molecule has 0 heterocycles. The van der Waals surface area contributed by atoms with Crippen LogP contribution in [0.5, 0.6) is 0 Å². The standard InChI is InChI=1S/C3H6N2O/c1-2-3-6-5-4/h1,5H,3-4H2. The van der Waals surface area contributed by atoms with Crippen LogP contribution >= 0.6 is 0 Å². The van der Waals surface area contributed by atoms with Crippen molar-refractivity contribution in [3.8, 4) is 12.3 Å². The SMILES string of the molecule is C#CCONN. The summed E-state index contributed by atoms with van der Waals surface area (Å²) in [6, 6.07) is 0. The van der Waals surface area contributed by atoms with Crippen LogP contribution in [-0.4, -0.2) is 6.61 Å². The fourth-order valence-electron chi connectivity index (χ4n) is 0.0833. The van der Waals surface area contributed by atoms with Crippen LogP contribution in [0.4, 0.5) is 0 Å². The molecule has 0 rings (SSSR count). The summed E-state index contributed by atoms with van der Waals surface area (Å²) in [6.45, 7) is 0.205. The van der Waals surface area contributed by atoms with Crippen LogP contribution < -0.4 is 11.4 Å². The van der Waals surface area contributed by atoms with E-state index < -0.39 is 0 Å². The molecule has 3 nitrogen and oxygen atoms in total. The van der Waals surface area contributed by atoms with Gasteiger partial charge in [-0.1, -0.05) is 5.92 Å². The van der Waals surface area contributed by atoms with Gasteiger partial charge in [0, 0.05) is 0 Å². The van der Waals surface area contributed by atoms with Crippen molar-refractivity contribution >= 4 is 0 Å². The van der Waals surface area contributed by atoms with Gasteiger partial charge in [-0.3, -0.25) is 4.84 Å². The van der Waals surface area contributed by atoms with Crippen LogP contribution in [0.1, 0.15) is 0 Å². The molecule has 0 atom stereocenters. The Bertz CT molecular complexity index is 56.3. The molecule has 0 bridgehead atoms. The highest BCUT2D eigenvalue weighted by Crippen LogP contribution is 1.52. The van der Waals surface area contributed by atoms with Crippen molar-refractivity contribution in [2.24, 2.45) is 5.84 Å². The predicted octanol–water partition coefficient (Wildman–Crippen LogP) is -0.986. The van der Waals surface area contributed by atoms with E-state index in [0.717, 1.165) is 0 Å². The zero-order valence-electron chi connectivity index (χ0n) is 3.27. The summed E-state index contributed by atoms with van der Waals surface area (Å²) in [5.41, 5.74) is 1.93. The molecule has 34 valence electrons. The Morgan fingerprint density at radius 3 is 2.83 bits per heavy atom. The van der Waals surface area contributed by atoms with E-state index in [1.807, 2.05) is 5.59 Å². The Morgan fingerprint density at radius 2 is 2.67 bits per heavy atom. The molecule has 3 heteroatoms. The second-order valence-electron chi connectivity index (χ2n) is 0.611. The van der Waals surface area contributed by atoms with E-state index >= 15 is 0 Å². The first-order valence-electron chi connectivity index (χ1n) is 1.42. The van der Waals surface area contributed by atoms with E-state index in [9.17, 15) is 0 Å². The molecule has 0 aliphatic heterocycles. The van der Waals surface area contributed by atoms with Crippen molar-refractivity contribution in [3.05, 3.63) is 0 Å². The number of hydrogen-bond donors (Lipinski definition) is 2. The first kappa shape index (κ1) is 5.44. The van der Waals surface area contributed by atoms with Crippen molar-refractivity contribution in [2.75, 3.05) is 6.61 Å². The van der Waals surface area contributed by atoms with Crippen LogP contribution in [0.2, 0.25) is 0 Å². The van der Waals surface area contributed by atoms with Gasteiger partial charge in [0.05, 0.1) is 0 Å². The van der Waals surface area contributed by atoms with Crippen molar-refractivity contribution in [1.29, 1.82) is 0 Å². The van der Waals surface area contributed by atoms with Gasteiger partial charge in [-0.2, -0.15) is 0 Å². The van der Waals surface area contributed by atoms with Crippen molar-refractivity contribution in [3.63, 3.8) is 0 Å².